The number of hydrogen-bond acceptors (Lipinski definition) is 5. The smallest absolute Gasteiger partial charge is 0.411 e. The largest absolute Gasteiger partial charge is 0.497 e. The second-order valence-electron chi connectivity index (χ2n) is 6.32. The van der Waals surface area contributed by atoms with E-state index in [1.54, 1.807) is 31.4 Å². The third-order valence-electron chi connectivity index (χ3n) is 4.05. The predicted molar refractivity (Wildman–Crippen MR) is 102 cm³/mol. The molecule has 2 N–H and O–H groups in total. The number of carbonyl (C=O) groups is 1. The van der Waals surface area contributed by atoms with E-state index in [1.807, 2.05) is 12.1 Å². The number of nitrogens with zero attached hydrogens (tertiary/aromatic N) is 2. The number of amides is 1. The van der Waals surface area contributed by atoms with Crippen LogP contribution in [0.15, 0.2) is 48.5 Å². The number of carbonyl (C=O) groups excluding carboxylic acids is 1. The molecule has 0 aliphatic heterocycles. The second kappa shape index (κ2) is 9.40. The maximum atomic E-state index is 12.3. The van der Waals surface area contributed by atoms with Crippen LogP contribution in [0.1, 0.15) is 21.7 Å². The Balaban J connectivity index is 1.51. The Kier molecular flexibility index (Phi) is 6.68. The van der Waals surface area contributed by atoms with Crippen molar-refractivity contribution in [1.82, 2.24) is 20.5 Å². The summed E-state index contributed by atoms with van der Waals surface area (Å²) in [5.41, 5.74) is 1.70. The van der Waals surface area contributed by atoms with Crippen molar-refractivity contribution in [3.05, 3.63) is 65.5 Å². The first-order valence-electron chi connectivity index (χ1n) is 8.91. The zero-order valence-electron chi connectivity index (χ0n) is 16.0. The fraction of sp³-hybridized carbons (Fsp3) is 0.250. The lowest BCUT2D eigenvalue weighted by Gasteiger charge is -2.08. The molecule has 0 saturated heterocycles. The molecule has 2 aromatic carbocycles. The van der Waals surface area contributed by atoms with E-state index in [0.29, 0.717) is 22.8 Å². The van der Waals surface area contributed by atoms with Gasteiger partial charge in [-0.1, -0.05) is 12.1 Å². The Morgan fingerprint density at radius 2 is 1.80 bits per heavy atom. The number of aromatic nitrogens is 3. The minimum absolute atomic E-state index is 0.137. The molecule has 1 amide bonds. The zero-order chi connectivity index (χ0) is 21.6. The first-order valence-corrected chi connectivity index (χ1v) is 8.91. The molecule has 0 aliphatic rings. The van der Waals surface area contributed by atoms with Gasteiger partial charge in [0.2, 0.25) is 0 Å². The number of H-pyrrole nitrogens is 1. The number of ether oxygens (including phenoxy) is 2. The highest BCUT2D eigenvalue weighted by Crippen LogP contribution is 2.19. The monoisotopic (exact) mass is 420 g/mol. The van der Waals surface area contributed by atoms with Gasteiger partial charge in [-0.05, 0) is 42.0 Å². The molecule has 0 fully saturated rings. The number of halogens is 3. The summed E-state index contributed by atoms with van der Waals surface area (Å²) in [6, 6.07) is 13.4. The topological polar surface area (TPSA) is 89.1 Å². The molecule has 10 heteroatoms. The molecule has 1 heterocycles. The second-order valence-corrected chi connectivity index (χ2v) is 6.32. The van der Waals surface area contributed by atoms with Crippen LogP contribution in [-0.2, 0) is 17.9 Å². The van der Waals surface area contributed by atoms with Gasteiger partial charge in [-0.3, -0.25) is 9.89 Å². The standard InChI is InChI=1S/C20H19F3N4O3/c1-29-16-8-6-14(7-9-16)18-25-17(26-27-18)10-24-19(28)15-4-2-13(3-5-15)11-30-12-20(21,22)23/h2-9H,10-12H2,1H3,(H,24,28)(H,25,26,27). The molecule has 3 rings (SSSR count). The molecule has 7 nitrogen and oxygen atoms in total. The van der Waals surface area contributed by atoms with Gasteiger partial charge >= 0.3 is 6.18 Å². The summed E-state index contributed by atoms with van der Waals surface area (Å²) in [7, 11) is 1.58. The van der Waals surface area contributed by atoms with Crippen molar-refractivity contribution in [3.8, 4) is 17.1 Å². The summed E-state index contributed by atoms with van der Waals surface area (Å²) in [6.07, 6.45) is -4.37. The first-order chi connectivity index (χ1) is 14.3. The fourth-order valence-corrected chi connectivity index (χ4v) is 2.55. The predicted octanol–water partition coefficient (Wildman–Crippen LogP) is 3.49. The molecule has 158 valence electrons. The summed E-state index contributed by atoms with van der Waals surface area (Å²) in [5.74, 6) is 1.34. The maximum Gasteiger partial charge on any atom is 0.411 e. The van der Waals surface area contributed by atoms with Crippen LogP contribution in [0.3, 0.4) is 0 Å². The van der Waals surface area contributed by atoms with Gasteiger partial charge in [0.25, 0.3) is 5.91 Å². The lowest BCUT2D eigenvalue weighted by molar-refractivity contribution is -0.176. The number of hydrogen-bond donors (Lipinski definition) is 2. The lowest BCUT2D eigenvalue weighted by Crippen LogP contribution is -2.23. The number of alkyl halides is 3. The van der Waals surface area contributed by atoms with Gasteiger partial charge < -0.3 is 14.8 Å². The quantitative estimate of drug-likeness (QED) is 0.582. The number of benzene rings is 2. The summed E-state index contributed by atoms with van der Waals surface area (Å²) in [6.45, 7) is -1.36. The summed E-state index contributed by atoms with van der Waals surface area (Å²) < 4.78 is 46.0. The molecular formula is C20H19F3N4O3. The van der Waals surface area contributed by atoms with Gasteiger partial charge in [0.05, 0.1) is 20.3 Å². The van der Waals surface area contributed by atoms with Gasteiger partial charge in [0.15, 0.2) is 5.82 Å². The fourth-order valence-electron chi connectivity index (χ4n) is 2.55. The molecular weight excluding hydrogens is 401 g/mol. The van der Waals surface area contributed by atoms with Crippen molar-refractivity contribution in [2.75, 3.05) is 13.7 Å². The van der Waals surface area contributed by atoms with E-state index in [2.05, 4.69) is 25.2 Å². The third kappa shape index (κ3) is 6.05. The Labute approximate surface area is 170 Å². The van der Waals surface area contributed by atoms with E-state index >= 15 is 0 Å². The number of rotatable bonds is 8. The van der Waals surface area contributed by atoms with Crippen molar-refractivity contribution >= 4 is 5.91 Å². The average molecular weight is 420 g/mol. The normalized spacial score (nSPS) is 11.3. The Morgan fingerprint density at radius 3 is 2.43 bits per heavy atom. The van der Waals surface area contributed by atoms with E-state index in [1.165, 1.54) is 12.1 Å². The third-order valence-corrected chi connectivity index (χ3v) is 4.05. The van der Waals surface area contributed by atoms with Gasteiger partial charge in [-0.25, -0.2) is 4.98 Å². The Bertz CT molecular complexity index is 970. The van der Waals surface area contributed by atoms with E-state index < -0.39 is 12.8 Å². The van der Waals surface area contributed by atoms with Gasteiger partial charge in [0, 0.05) is 11.1 Å². The molecule has 3 aromatic rings. The van der Waals surface area contributed by atoms with Crippen LogP contribution in [0.2, 0.25) is 0 Å². The summed E-state index contributed by atoms with van der Waals surface area (Å²) >= 11 is 0. The van der Waals surface area contributed by atoms with Crippen molar-refractivity contribution < 1.29 is 27.4 Å². The molecule has 30 heavy (non-hydrogen) atoms. The van der Waals surface area contributed by atoms with Crippen LogP contribution in [0, 0.1) is 0 Å². The summed E-state index contributed by atoms with van der Waals surface area (Å²) in [4.78, 5) is 16.6. The van der Waals surface area contributed by atoms with Crippen LogP contribution in [0.5, 0.6) is 5.75 Å². The maximum absolute atomic E-state index is 12.3. The van der Waals surface area contributed by atoms with Crippen LogP contribution < -0.4 is 10.1 Å². The van der Waals surface area contributed by atoms with Crippen LogP contribution in [-0.4, -0.2) is 41.0 Å². The average Bonchev–Trinajstić information content (AvgIpc) is 3.21. The van der Waals surface area contributed by atoms with E-state index in [4.69, 9.17) is 4.74 Å². The number of nitrogens with one attached hydrogen (secondary N) is 2. The molecule has 0 bridgehead atoms. The molecule has 0 atom stereocenters. The van der Waals surface area contributed by atoms with E-state index in [9.17, 15) is 18.0 Å². The molecule has 0 saturated carbocycles. The lowest BCUT2D eigenvalue weighted by atomic mass is 10.1. The Hall–Kier alpha value is -3.40. The van der Waals surface area contributed by atoms with Crippen LogP contribution >= 0.6 is 0 Å². The van der Waals surface area contributed by atoms with E-state index in [-0.39, 0.29) is 19.1 Å². The zero-order valence-corrected chi connectivity index (χ0v) is 16.0. The first kappa shape index (κ1) is 21.3. The van der Waals surface area contributed by atoms with Gasteiger partial charge in [-0.15, -0.1) is 0 Å². The van der Waals surface area contributed by atoms with Crippen molar-refractivity contribution in [2.24, 2.45) is 0 Å². The van der Waals surface area contributed by atoms with Crippen LogP contribution in [0.25, 0.3) is 11.4 Å². The van der Waals surface area contributed by atoms with Gasteiger partial charge in [-0.2, -0.15) is 18.3 Å². The minimum atomic E-state index is -4.37. The molecule has 0 aliphatic carbocycles. The summed E-state index contributed by atoms with van der Waals surface area (Å²) in [5, 5.41) is 9.60. The molecule has 0 spiro atoms. The molecule has 0 radical (unpaired) electrons. The van der Waals surface area contributed by atoms with Gasteiger partial charge in [0.1, 0.15) is 18.2 Å². The van der Waals surface area contributed by atoms with Crippen molar-refractivity contribution in [2.45, 2.75) is 19.3 Å². The van der Waals surface area contributed by atoms with Crippen LogP contribution in [0.4, 0.5) is 13.2 Å². The minimum Gasteiger partial charge on any atom is -0.497 e. The van der Waals surface area contributed by atoms with Crippen molar-refractivity contribution in [3.63, 3.8) is 0 Å². The molecule has 0 unspecified atom stereocenters. The van der Waals surface area contributed by atoms with E-state index in [0.717, 1.165) is 11.3 Å². The highest BCUT2D eigenvalue weighted by atomic mass is 19.4. The van der Waals surface area contributed by atoms with Crippen molar-refractivity contribution in [1.29, 1.82) is 0 Å². The highest BCUT2D eigenvalue weighted by molar-refractivity contribution is 5.94. The Morgan fingerprint density at radius 1 is 1.10 bits per heavy atom. The number of methoxy groups -OCH3 is 1. The SMILES string of the molecule is COc1ccc(-c2n[nH]c(CNC(=O)c3ccc(COCC(F)(F)F)cc3)n2)cc1. The highest BCUT2D eigenvalue weighted by Gasteiger charge is 2.27. The molecule has 1 aromatic heterocycles. The number of aromatic amines is 1.